The van der Waals surface area contributed by atoms with Crippen LogP contribution in [0, 0.1) is 13.8 Å². The van der Waals surface area contributed by atoms with Crippen LogP contribution in [0.1, 0.15) is 34.4 Å². The lowest BCUT2D eigenvalue weighted by atomic mass is 10.0. The number of hydrogen-bond acceptors (Lipinski definition) is 4. The van der Waals surface area contributed by atoms with Gasteiger partial charge in [-0.05, 0) is 49.6 Å². The number of fused-ring (bicyclic) bond motifs is 1. The van der Waals surface area contributed by atoms with Crippen LogP contribution in [0.4, 0.5) is 5.69 Å². The van der Waals surface area contributed by atoms with Gasteiger partial charge in [0.25, 0.3) is 0 Å². The molecule has 5 heteroatoms. The van der Waals surface area contributed by atoms with E-state index < -0.39 is 0 Å². The average Bonchev–Trinajstić information content (AvgIpc) is 2.97. The number of nitrogen functional groups attached to an aromatic ring is 1. The number of imidazole rings is 1. The van der Waals surface area contributed by atoms with Crippen molar-refractivity contribution in [3.63, 3.8) is 0 Å². The highest BCUT2D eigenvalue weighted by molar-refractivity contribution is 5.95. The molecule has 4 rings (SSSR count). The first-order valence-electron chi connectivity index (χ1n) is 9.22. The summed E-state index contributed by atoms with van der Waals surface area (Å²) in [5.74, 6) is 0.982. The molecule has 0 radical (unpaired) electrons. The van der Waals surface area contributed by atoms with Crippen LogP contribution < -0.4 is 5.73 Å². The summed E-state index contributed by atoms with van der Waals surface area (Å²) in [5, 5.41) is 0. The van der Waals surface area contributed by atoms with Crippen molar-refractivity contribution in [2.24, 2.45) is 0 Å². The Morgan fingerprint density at radius 3 is 2.46 bits per heavy atom. The van der Waals surface area contributed by atoms with Gasteiger partial charge in [0.15, 0.2) is 11.4 Å². The zero-order chi connectivity index (χ0) is 19.8. The summed E-state index contributed by atoms with van der Waals surface area (Å²) >= 11 is 0. The van der Waals surface area contributed by atoms with Crippen molar-refractivity contribution in [3.05, 3.63) is 77.2 Å². The smallest absolute Gasteiger partial charge is 0.160 e. The molecule has 0 aliphatic heterocycles. The Hall–Kier alpha value is -3.47. The van der Waals surface area contributed by atoms with Crippen molar-refractivity contribution >= 4 is 22.6 Å². The summed E-state index contributed by atoms with van der Waals surface area (Å²) in [4.78, 5) is 20.8. The molecular formula is C23H22N4O. The predicted molar refractivity (Wildman–Crippen MR) is 112 cm³/mol. The van der Waals surface area contributed by atoms with E-state index in [1.165, 1.54) is 0 Å². The van der Waals surface area contributed by atoms with Gasteiger partial charge >= 0.3 is 0 Å². The largest absolute Gasteiger partial charge is 0.397 e. The van der Waals surface area contributed by atoms with Crippen molar-refractivity contribution < 1.29 is 4.79 Å². The summed E-state index contributed by atoms with van der Waals surface area (Å²) < 4.78 is 2.10. The zero-order valence-electron chi connectivity index (χ0n) is 16.2. The number of rotatable bonds is 4. The molecule has 2 heterocycles. The topological polar surface area (TPSA) is 73.8 Å². The predicted octanol–water partition coefficient (Wildman–Crippen LogP) is 4.55. The van der Waals surface area contributed by atoms with Gasteiger partial charge in [-0.2, -0.15) is 0 Å². The van der Waals surface area contributed by atoms with Gasteiger partial charge in [0.1, 0.15) is 11.3 Å². The molecule has 2 N–H and O–H groups in total. The minimum atomic E-state index is 0.0735. The number of pyridine rings is 1. The number of anilines is 1. The number of carbonyl (C=O) groups excluding carboxylic acids is 1. The molecule has 5 nitrogen and oxygen atoms in total. The second-order valence-corrected chi connectivity index (χ2v) is 7.08. The van der Waals surface area contributed by atoms with Crippen LogP contribution in [0.2, 0.25) is 0 Å². The van der Waals surface area contributed by atoms with E-state index >= 15 is 0 Å². The van der Waals surface area contributed by atoms with Gasteiger partial charge in [-0.1, -0.05) is 42.5 Å². The van der Waals surface area contributed by atoms with E-state index in [0.717, 1.165) is 44.9 Å². The Balaban J connectivity index is 1.65. The molecule has 0 aliphatic rings. The molecule has 0 amide bonds. The van der Waals surface area contributed by atoms with Crippen molar-refractivity contribution in [3.8, 4) is 11.1 Å². The fraction of sp³-hybridized carbons (Fsp3) is 0.174. The van der Waals surface area contributed by atoms with Gasteiger partial charge in [0.2, 0.25) is 0 Å². The molecule has 0 saturated heterocycles. The number of benzene rings is 2. The van der Waals surface area contributed by atoms with E-state index in [9.17, 15) is 4.79 Å². The maximum atomic E-state index is 11.6. The highest BCUT2D eigenvalue weighted by atomic mass is 16.1. The maximum Gasteiger partial charge on any atom is 0.160 e. The van der Waals surface area contributed by atoms with Gasteiger partial charge in [0, 0.05) is 5.56 Å². The minimum absolute atomic E-state index is 0.0735. The Morgan fingerprint density at radius 2 is 1.75 bits per heavy atom. The number of nitrogens with two attached hydrogens (primary N) is 1. The average molecular weight is 370 g/mol. The number of hydrogen-bond donors (Lipinski definition) is 1. The van der Waals surface area contributed by atoms with E-state index in [1.807, 2.05) is 44.2 Å². The van der Waals surface area contributed by atoms with Gasteiger partial charge in [-0.3, -0.25) is 4.79 Å². The molecule has 0 unspecified atom stereocenters. The lowest BCUT2D eigenvalue weighted by Gasteiger charge is -2.09. The summed E-state index contributed by atoms with van der Waals surface area (Å²) in [6, 6.07) is 18.0. The van der Waals surface area contributed by atoms with Crippen LogP contribution in [-0.2, 0) is 6.54 Å². The molecule has 0 aliphatic carbocycles. The third kappa shape index (κ3) is 3.27. The fourth-order valence-electron chi connectivity index (χ4n) is 3.36. The number of aromatic nitrogens is 3. The first-order valence-corrected chi connectivity index (χ1v) is 9.22. The van der Waals surface area contributed by atoms with Crippen LogP contribution in [0.3, 0.4) is 0 Å². The molecule has 0 atom stereocenters. The van der Waals surface area contributed by atoms with E-state index in [1.54, 1.807) is 6.92 Å². The minimum Gasteiger partial charge on any atom is -0.397 e. The maximum absolute atomic E-state index is 11.6. The third-order valence-electron chi connectivity index (χ3n) is 5.04. The van der Waals surface area contributed by atoms with E-state index in [2.05, 4.69) is 38.8 Å². The number of nitrogens with zero attached hydrogens (tertiary/aromatic N) is 3. The summed E-state index contributed by atoms with van der Waals surface area (Å²) in [7, 11) is 0. The Kier molecular flexibility index (Phi) is 4.43. The van der Waals surface area contributed by atoms with Gasteiger partial charge in [-0.25, -0.2) is 9.97 Å². The van der Waals surface area contributed by atoms with Gasteiger partial charge < -0.3 is 10.3 Å². The SMILES string of the molecule is CC(=O)c1cccc(-c2ccc(Cn3c(C)nc4cc(N)c(C)nc43)cc2)c1. The first-order chi connectivity index (χ1) is 13.4. The van der Waals surface area contributed by atoms with Gasteiger partial charge in [0.05, 0.1) is 17.9 Å². The van der Waals surface area contributed by atoms with Crippen molar-refractivity contribution in [2.45, 2.75) is 27.3 Å². The van der Waals surface area contributed by atoms with Crippen LogP contribution in [0.15, 0.2) is 54.6 Å². The van der Waals surface area contributed by atoms with E-state index in [-0.39, 0.29) is 5.78 Å². The van der Waals surface area contributed by atoms with E-state index in [0.29, 0.717) is 12.2 Å². The van der Waals surface area contributed by atoms with Crippen LogP contribution in [-0.4, -0.2) is 20.3 Å². The quantitative estimate of drug-likeness (QED) is 0.535. The number of ketones is 1. The number of carbonyl (C=O) groups is 1. The molecule has 2 aromatic heterocycles. The molecule has 140 valence electrons. The van der Waals surface area contributed by atoms with Crippen molar-refractivity contribution in [1.82, 2.24) is 14.5 Å². The Labute approximate surface area is 163 Å². The van der Waals surface area contributed by atoms with E-state index in [4.69, 9.17) is 5.73 Å². The number of Topliss-reactive ketones (excluding diaryl/α,β-unsaturated/α-hetero) is 1. The second-order valence-electron chi connectivity index (χ2n) is 7.08. The Bertz CT molecular complexity index is 1190. The lowest BCUT2D eigenvalue weighted by Crippen LogP contribution is -2.04. The van der Waals surface area contributed by atoms with Crippen LogP contribution >= 0.6 is 0 Å². The molecule has 28 heavy (non-hydrogen) atoms. The highest BCUT2D eigenvalue weighted by Gasteiger charge is 2.11. The van der Waals surface area contributed by atoms with Crippen LogP contribution in [0.25, 0.3) is 22.3 Å². The zero-order valence-corrected chi connectivity index (χ0v) is 16.2. The molecule has 0 bridgehead atoms. The monoisotopic (exact) mass is 370 g/mol. The lowest BCUT2D eigenvalue weighted by molar-refractivity contribution is 0.101. The summed E-state index contributed by atoms with van der Waals surface area (Å²) in [6.45, 7) is 6.16. The summed E-state index contributed by atoms with van der Waals surface area (Å²) in [5.41, 5.74) is 13.1. The normalized spacial score (nSPS) is 11.1. The second kappa shape index (κ2) is 6.93. The highest BCUT2D eigenvalue weighted by Crippen LogP contribution is 2.23. The third-order valence-corrected chi connectivity index (χ3v) is 5.04. The molecule has 4 aromatic rings. The fourth-order valence-corrected chi connectivity index (χ4v) is 3.36. The molecule has 0 fully saturated rings. The summed E-state index contributed by atoms with van der Waals surface area (Å²) in [6.07, 6.45) is 0. The standard InChI is InChI=1S/C23H22N4O/c1-14-21(24)12-22-23(25-14)27(16(3)26-22)13-17-7-9-18(10-8-17)20-6-4-5-19(11-20)15(2)28/h4-12H,13,24H2,1-3H3. The molecule has 0 spiro atoms. The van der Waals surface area contributed by atoms with Crippen LogP contribution in [0.5, 0.6) is 0 Å². The van der Waals surface area contributed by atoms with Crippen molar-refractivity contribution in [2.75, 3.05) is 5.73 Å². The molecule has 2 aromatic carbocycles. The molecule has 0 saturated carbocycles. The van der Waals surface area contributed by atoms with Crippen molar-refractivity contribution in [1.29, 1.82) is 0 Å². The number of aryl methyl sites for hydroxylation is 2. The molecular weight excluding hydrogens is 348 g/mol. The first kappa shape index (κ1) is 17.9. The van der Waals surface area contributed by atoms with Gasteiger partial charge in [-0.15, -0.1) is 0 Å². The Morgan fingerprint density at radius 1 is 1.00 bits per heavy atom.